The van der Waals surface area contributed by atoms with Crippen LogP contribution < -0.4 is 15.5 Å². The molecule has 2 heterocycles. The highest BCUT2D eigenvalue weighted by molar-refractivity contribution is 5.52. The van der Waals surface area contributed by atoms with E-state index in [1.54, 1.807) is 30.1 Å². The normalized spacial score (nSPS) is 11.4. The molecule has 0 saturated carbocycles. The largest absolute Gasteiger partial charge is 0.416 e. The molecule has 11 heteroatoms. The number of aromatic nitrogens is 5. The van der Waals surface area contributed by atoms with Crippen LogP contribution in [0.5, 0.6) is 0 Å². The van der Waals surface area contributed by atoms with Crippen molar-refractivity contribution in [2.75, 3.05) is 28.6 Å². The summed E-state index contributed by atoms with van der Waals surface area (Å²) in [5.41, 5.74) is -0.226. The van der Waals surface area contributed by atoms with Crippen molar-refractivity contribution in [2.45, 2.75) is 26.6 Å². The van der Waals surface area contributed by atoms with E-state index in [4.69, 9.17) is 0 Å². The quantitative estimate of drug-likeness (QED) is 0.573. The molecule has 0 bridgehead atoms. The smallest absolute Gasteiger partial charge is 0.350 e. The monoisotopic (exact) mass is 420 g/mol. The average Bonchev–Trinajstić information content (AvgIpc) is 3.11. The number of nitrogens with zero attached hydrogens (tertiary/aromatic N) is 6. The third-order valence-corrected chi connectivity index (χ3v) is 4.44. The minimum absolute atomic E-state index is 0.136. The Kier molecular flexibility index (Phi) is 6.38. The number of hydrogen-bond donors (Lipinski definition) is 2. The SMILES string of the molecule is CCN(CC)c1nc(NCc2cccc(C(F)(F)F)c2)nc(Nc2ccnn2C)n1. The van der Waals surface area contributed by atoms with Crippen molar-refractivity contribution in [2.24, 2.45) is 7.05 Å². The molecular formula is C19H23F3N8. The fourth-order valence-corrected chi connectivity index (χ4v) is 2.80. The summed E-state index contributed by atoms with van der Waals surface area (Å²) in [4.78, 5) is 15.2. The number of alkyl halides is 3. The lowest BCUT2D eigenvalue weighted by Crippen LogP contribution is -2.25. The van der Waals surface area contributed by atoms with E-state index >= 15 is 0 Å². The van der Waals surface area contributed by atoms with Gasteiger partial charge in [-0.05, 0) is 31.5 Å². The summed E-state index contributed by atoms with van der Waals surface area (Å²) in [6.07, 6.45) is -2.75. The van der Waals surface area contributed by atoms with Crippen LogP contribution in [0.15, 0.2) is 36.5 Å². The molecule has 0 radical (unpaired) electrons. The molecule has 0 saturated heterocycles. The van der Waals surface area contributed by atoms with Gasteiger partial charge in [0.25, 0.3) is 0 Å². The zero-order valence-corrected chi connectivity index (χ0v) is 16.9. The van der Waals surface area contributed by atoms with Crippen LogP contribution in [0, 0.1) is 0 Å². The van der Waals surface area contributed by atoms with E-state index in [-0.39, 0.29) is 12.5 Å². The second-order valence-corrected chi connectivity index (χ2v) is 6.47. The van der Waals surface area contributed by atoms with Crippen LogP contribution in [0.1, 0.15) is 25.0 Å². The van der Waals surface area contributed by atoms with Crippen LogP contribution in [0.25, 0.3) is 0 Å². The van der Waals surface area contributed by atoms with Gasteiger partial charge in [-0.1, -0.05) is 12.1 Å². The lowest BCUT2D eigenvalue weighted by molar-refractivity contribution is -0.137. The highest BCUT2D eigenvalue weighted by Gasteiger charge is 2.30. The van der Waals surface area contributed by atoms with Gasteiger partial charge in [-0.2, -0.15) is 33.2 Å². The van der Waals surface area contributed by atoms with Crippen molar-refractivity contribution in [3.05, 3.63) is 47.7 Å². The van der Waals surface area contributed by atoms with Crippen LogP contribution in [0.4, 0.5) is 36.8 Å². The van der Waals surface area contributed by atoms with Crippen LogP contribution >= 0.6 is 0 Å². The Bertz CT molecular complexity index is 982. The lowest BCUT2D eigenvalue weighted by atomic mass is 10.1. The minimum atomic E-state index is -4.39. The molecule has 3 rings (SSSR count). The highest BCUT2D eigenvalue weighted by Crippen LogP contribution is 2.29. The molecule has 0 fully saturated rings. The summed E-state index contributed by atoms with van der Waals surface area (Å²) >= 11 is 0. The molecule has 0 spiro atoms. The zero-order valence-electron chi connectivity index (χ0n) is 16.9. The van der Waals surface area contributed by atoms with Crippen molar-refractivity contribution in [1.29, 1.82) is 0 Å². The van der Waals surface area contributed by atoms with Crippen molar-refractivity contribution in [3.8, 4) is 0 Å². The van der Waals surface area contributed by atoms with Gasteiger partial charge in [0.1, 0.15) is 5.82 Å². The van der Waals surface area contributed by atoms with Gasteiger partial charge in [-0.25, -0.2) is 0 Å². The van der Waals surface area contributed by atoms with E-state index in [0.29, 0.717) is 36.4 Å². The van der Waals surface area contributed by atoms with E-state index in [1.807, 2.05) is 18.7 Å². The highest BCUT2D eigenvalue weighted by atomic mass is 19.4. The van der Waals surface area contributed by atoms with E-state index in [2.05, 4.69) is 30.7 Å². The molecule has 30 heavy (non-hydrogen) atoms. The minimum Gasteiger partial charge on any atom is -0.350 e. The number of anilines is 4. The molecule has 0 aliphatic carbocycles. The van der Waals surface area contributed by atoms with E-state index < -0.39 is 11.7 Å². The van der Waals surface area contributed by atoms with Gasteiger partial charge in [0, 0.05) is 32.7 Å². The standard InChI is InChI=1S/C19H23F3N8/c1-4-30(5-2)18-27-16(26-17(28-18)25-15-9-10-24-29(15)3)23-12-13-7-6-8-14(11-13)19(20,21)22/h6-11H,4-5,12H2,1-3H3,(H2,23,25,26,27,28). The molecule has 160 valence electrons. The maximum atomic E-state index is 12.9. The van der Waals surface area contributed by atoms with Crippen LogP contribution in [-0.4, -0.2) is 37.8 Å². The molecule has 0 amide bonds. The molecular weight excluding hydrogens is 397 g/mol. The molecule has 3 aromatic rings. The number of hydrogen-bond acceptors (Lipinski definition) is 7. The Morgan fingerprint density at radius 1 is 1.03 bits per heavy atom. The summed E-state index contributed by atoms with van der Waals surface area (Å²) in [6, 6.07) is 6.92. The number of halogens is 3. The van der Waals surface area contributed by atoms with Gasteiger partial charge >= 0.3 is 6.18 Å². The Balaban J connectivity index is 1.85. The van der Waals surface area contributed by atoms with Crippen molar-refractivity contribution >= 4 is 23.7 Å². The summed E-state index contributed by atoms with van der Waals surface area (Å²) < 4.78 is 40.5. The molecule has 2 N–H and O–H groups in total. The summed E-state index contributed by atoms with van der Waals surface area (Å²) in [5.74, 6) is 1.72. The first-order valence-electron chi connectivity index (χ1n) is 9.46. The zero-order chi connectivity index (χ0) is 21.7. The average molecular weight is 420 g/mol. The van der Waals surface area contributed by atoms with Crippen LogP contribution in [0.2, 0.25) is 0 Å². The second kappa shape index (κ2) is 8.97. The van der Waals surface area contributed by atoms with Gasteiger partial charge in [-0.15, -0.1) is 0 Å². The summed E-state index contributed by atoms with van der Waals surface area (Å²) in [5, 5.41) is 10.2. The van der Waals surface area contributed by atoms with Gasteiger partial charge in [0.2, 0.25) is 17.8 Å². The molecule has 0 aliphatic rings. The summed E-state index contributed by atoms with van der Waals surface area (Å²) in [7, 11) is 1.78. The van der Waals surface area contributed by atoms with Crippen molar-refractivity contribution in [1.82, 2.24) is 24.7 Å². The van der Waals surface area contributed by atoms with Gasteiger partial charge < -0.3 is 15.5 Å². The van der Waals surface area contributed by atoms with Crippen LogP contribution in [0.3, 0.4) is 0 Å². The number of aryl methyl sites for hydroxylation is 1. The summed E-state index contributed by atoms with van der Waals surface area (Å²) in [6.45, 7) is 5.49. The fourth-order valence-electron chi connectivity index (χ4n) is 2.80. The molecule has 8 nitrogen and oxygen atoms in total. The number of nitrogens with one attached hydrogen (secondary N) is 2. The first-order valence-corrected chi connectivity index (χ1v) is 9.46. The van der Waals surface area contributed by atoms with Gasteiger partial charge in [0.15, 0.2) is 0 Å². The Hall–Kier alpha value is -3.37. The van der Waals surface area contributed by atoms with Crippen molar-refractivity contribution in [3.63, 3.8) is 0 Å². The van der Waals surface area contributed by atoms with Gasteiger partial charge in [0.05, 0.1) is 11.8 Å². The molecule has 0 unspecified atom stereocenters. The first-order chi connectivity index (χ1) is 14.3. The fraction of sp³-hybridized carbons (Fsp3) is 0.368. The number of benzene rings is 1. The van der Waals surface area contributed by atoms with Gasteiger partial charge in [-0.3, -0.25) is 4.68 Å². The van der Waals surface area contributed by atoms with Crippen molar-refractivity contribution < 1.29 is 13.2 Å². The Labute approximate surface area is 172 Å². The molecule has 2 aromatic heterocycles. The van der Waals surface area contributed by atoms with E-state index in [1.165, 1.54) is 6.07 Å². The molecule has 1 aromatic carbocycles. The topological polar surface area (TPSA) is 83.8 Å². The third kappa shape index (κ3) is 5.16. The lowest BCUT2D eigenvalue weighted by Gasteiger charge is -2.20. The number of rotatable bonds is 8. The van der Waals surface area contributed by atoms with E-state index in [0.717, 1.165) is 12.1 Å². The first kappa shape index (κ1) is 21.3. The maximum absolute atomic E-state index is 12.9. The third-order valence-electron chi connectivity index (χ3n) is 4.44. The van der Waals surface area contributed by atoms with Crippen LogP contribution in [-0.2, 0) is 19.8 Å². The maximum Gasteiger partial charge on any atom is 0.416 e. The van der Waals surface area contributed by atoms with E-state index in [9.17, 15) is 13.2 Å². The Morgan fingerprint density at radius 2 is 1.77 bits per heavy atom. The Morgan fingerprint density at radius 3 is 2.40 bits per heavy atom. The predicted molar refractivity (Wildman–Crippen MR) is 109 cm³/mol. The predicted octanol–water partition coefficient (Wildman–Crippen LogP) is 3.83. The molecule has 0 aliphatic heterocycles. The second-order valence-electron chi connectivity index (χ2n) is 6.47. The molecule has 0 atom stereocenters.